The Morgan fingerprint density at radius 2 is 1.73 bits per heavy atom. The highest BCUT2D eigenvalue weighted by molar-refractivity contribution is 7.92. The van der Waals surface area contributed by atoms with Crippen LogP contribution in [0.25, 0.3) is 0 Å². The van der Waals surface area contributed by atoms with E-state index in [-0.39, 0.29) is 35.1 Å². The number of benzene rings is 2. The quantitative estimate of drug-likeness (QED) is 0.566. The number of sulfonamides is 1. The number of halogens is 5. The minimum absolute atomic E-state index is 0.0164. The third-order valence-electron chi connectivity index (χ3n) is 3.73. The van der Waals surface area contributed by atoms with Gasteiger partial charge in [0.2, 0.25) is 15.9 Å². The van der Waals surface area contributed by atoms with Gasteiger partial charge in [0.1, 0.15) is 5.75 Å². The molecule has 0 saturated heterocycles. The zero-order valence-electron chi connectivity index (χ0n) is 15.5. The first-order valence-corrected chi connectivity index (χ1v) is 11.0. The summed E-state index contributed by atoms with van der Waals surface area (Å²) in [6.45, 7) is 0.0164. The second-order valence-corrected chi connectivity index (χ2v) is 8.88. The average molecular weight is 485 g/mol. The van der Waals surface area contributed by atoms with E-state index in [1.165, 1.54) is 30.3 Å². The van der Waals surface area contributed by atoms with Gasteiger partial charge >= 0.3 is 6.36 Å². The topological polar surface area (TPSA) is 75.7 Å². The van der Waals surface area contributed by atoms with Crippen LogP contribution in [-0.2, 0) is 14.8 Å². The highest BCUT2D eigenvalue weighted by atomic mass is 35.5. The average Bonchev–Trinajstić information content (AvgIpc) is 2.61. The van der Waals surface area contributed by atoms with Crippen molar-refractivity contribution < 1.29 is 31.1 Å². The SMILES string of the molecule is CS(=O)(=O)N(CCCC(=O)Nc1ccc(OC(F)(F)F)cc1)c1ccc(Cl)c(Cl)c1. The Balaban J connectivity index is 1.93. The van der Waals surface area contributed by atoms with Gasteiger partial charge in [-0.15, -0.1) is 13.2 Å². The van der Waals surface area contributed by atoms with Crippen molar-refractivity contribution in [3.63, 3.8) is 0 Å². The highest BCUT2D eigenvalue weighted by Crippen LogP contribution is 2.29. The Labute approximate surface area is 181 Å². The maximum atomic E-state index is 12.2. The van der Waals surface area contributed by atoms with Gasteiger partial charge in [-0.3, -0.25) is 9.10 Å². The van der Waals surface area contributed by atoms with E-state index < -0.39 is 28.0 Å². The van der Waals surface area contributed by atoms with Crippen LogP contribution in [0.2, 0.25) is 10.0 Å². The predicted octanol–water partition coefficient (Wildman–Crippen LogP) is 5.08. The van der Waals surface area contributed by atoms with Crippen LogP contribution in [0.15, 0.2) is 42.5 Å². The molecule has 0 aliphatic heterocycles. The van der Waals surface area contributed by atoms with Crippen LogP contribution in [0, 0.1) is 0 Å². The molecule has 0 radical (unpaired) electrons. The molecule has 2 rings (SSSR count). The number of rotatable bonds is 8. The molecule has 0 fully saturated rings. The minimum Gasteiger partial charge on any atom is -0.406 e. The summed E-state index contributed by atoms with van der Waals surface area (Å²) in [5.41, 5.74) is 0.589. The Morgan fingerprint density at radius 1 is 1.10 bits per heavy atom. The number of anilines is 2. The molecule has 164 valence electrons. The molecule has 0 aliphatic rings. The first-order valence-electron chi connectivity index (χ1n) is 8.43. The largest absolute Gasteiger partial charge is 0.573 e. The molecule has 2 aromatic carbocycles. The van der Waals surface area contributed by atoms with Gasteiger partial charge in [-0.25, -0.2) is 8.42 Å². The summed E-state index contributed by atoms with van der Waals surface area (Å²) in [4.78, 5) is 12.1. The maximum absolute atomic E-state index is 12.2. The third-order valence-corrected chi connectivity index (χ3v) is 5.66. The van der Waals surface area contributed by atoms with Gasteiger partial charge in [0.25, 0.3) is 0 Å². The molecule has 1 amide bonds. The molecule has 0 aromatic heterocycles. The van der Waals surface area contributed by atoms with E-state index in [1.807, 2.05) is 0 Å². The molecule has 2 aromatic rings. The molecule has 12 heteroatoms. The number of carbonyl (C=O) groups is 1. The summed E-state index contributed by atoms with van der Waals surface area (Å²) in [7, 11) is -3.63. The summed E-state index contributed by atoms with van der Waals surface area (Å²) >= 11 is 11.8. The Morgan fingerprint density at radius 3 is 2.27 bits per heavy atom. The van der Waals surface area contributed by atoms with Crippen LogP contribution in [0.1, 0.15) is 12.8 Å². The number of hydrogen-bond donors (Lipinski definition) is 1. The Bertz CT molecular complexity index is 999. The molecule has 0 spiro atoms. The fourth-order valence-electron chi connectivity index (χ4n) is 2.47. The van der Waals surface area contributed by atoms with Gasteiger partial charge in [0, 0.05) is 18.7 Å². The molecular formula is C18H17Cl2F3N2O4S. The van der Waals surface area contributed by atoms with E-state index in [9.17, 15) is 26.4 Å². The number of amides is 1. The number of nitrogens with one attached hydrogen (secondary N) is 1. The first kappa shape index (κ1) is 24.1. The van der Waals surface area contributed by atoms with Crippen LogP contribution in [0.5, 0.6) is 5.75 Å². The van der Waals surface area contributed by atoms with Crippen LogP contribution < -0.4 is 14.4 Å². The summed E-state index contributed by atoms with van der Waals surface area (Å²) in [6.07, 6.45) is -3.60. The smallest absolute Gasteiger partial charge is 0.406 e. The molecule has 0 heterocycles. The van der Waals surface area contributed by atoms with E-state index >= 15 is 0 Å². The summed E-state index contributed by atoms with van der Waals surface area (Å²) in [6, 6.07) is 9.04. The van der Waals surface area contributed by atoms with Crippen molar-refractivity contribution in [3.8, 4) is 5.75 Å². The number of alkyl halides is 3. The lowest BCUT2D eigenvalue weighted by Crippen LogP contribution is -2.31. The van der Waals surface area contributed by atoms with Crippen LogP contribution in [0.3, 0.4) is 0 Å². The van der Waals surface area contributed by atoms with Gasteiger partial charge in [-0.1, -0.05) is 23.2 Å². The van der Waals surface area contributed by atoms with Crippen molar-refractivity contribution in [3.05, 3.63) is 52.5 Å². The predicted molar refractivity (Wildman–Crippen MR) is 110 cm³/mol. The fourth-order valence-corrected chi connectivity index (χ4v) is 3.72. The van der Waals surface area contributed by atoms with Gasteiger partial charge in [0.15, 0.2) is 0 Å². The highest BCUT2D eigenvalue weighted by Gasteiger charge is 2.31. The van der Waals surface area contributed by atoms with E-state index in [1.54, 1.807) is 0 Å². The van der Waals surface area contributed by atoms with E-state index in [2.05, 4.69) is 10.1 Å². The molecule has 30 heavy (non-hydrogen) atoms. The molecule has 0 aliphatic carbocycles. The fraction of sp³-hybridized carbons (Fsp3) is 0.278. The van der Waals surface area contributed by atoms with E-state index in [0.29, 0.717) is 5.69 Å². The second kappa shape index (κ2) is 9.76. The number of nitrogens with zero attached hydrogens (tertiary/aromatic N) is 1. The lowest BCUT2D eigenvalue weighted by atomic mass is 10.2. The lowest BCUT2D eigenvalue weighted by Gasteiger charge is -2.22. The van der Waals surface area contributed by atoms with Gasteiger partial charge in [-0.05, 0) is 48.9 Å². The van der Waals surface area contributed by atoms with Crippen LogP contribution in [-0.4, -0.2) is 33.5 Å². The normalized spacial score (nSPS) is 11.8. The molecular weight excluding hydrogens is 468 g/mol. The summed E-state index contributed by atoms with van der Waals surface area (Å²) in [5.74, 6) is -0.840. The number of ether oxygens (including phenoxy) is 1. The zero-order valence-corrected chi connectivity index (χ0v) is 17.9. The molecule has 6 nitrogen and oxygen atoms in total. The number of carbonyl (C=O) groups excluding carboxylic acids is 1. The summed E-state index contributed by atoms with van der Waals surface area (Å²) in [5, 5.41) is 2.99. The van der Waals surface area contributed by atoms with Gasteiger partial charge < -0.3 is 10.1 Å². The van der Waals surface area contributed by atoms with Crippen molar-refractivity contribution in [2.24, 2.45) is 0 Å². The van der Waals surface area contributed by atoms with E-state index in [4.69, 9.17) is 23.2 Å². The second-order valence-electron chi connectivity index (χ2n) is 6.16. The maximum Gasteiger partial charge on any atom is 0.573 e. The van der Waals surface area contributed by atoms with E-state index in [0.717, 1.165) is 22.7 Å². The van der Waals surface area contributed by atoms with Crippen molar-refractivity contribution >= 4 is 50.5 Å². The van der Waals surface area contributed by atoms with Crippen molar-refractivity contribution in [1.29, 1.82) is 0 Å². The standard InChI is InChI=1S/C18H17Cl2F3N2O4S/c1-30(27,28)25(13-6-9-15(19)16(20)11-13)10-2-3-17(26)24-12-4-7-14(8-5-12)29-18(21,22)23/h4-9,11H,2-3,10H2,1H3,(H,24,26). The molecule has 0 unspecified atom stereocenters. The van der Waals surface area contributed by atoms with Crippen molar-refractivity contribution in [2.75, 3.05) is 22.4 Å². The Hall–Kier alpha value is -2.17. The lowest BCUT2D eigenvalue weighted by molar-refractivity contribution is -0.274. The summed E-state index contributed by atoms with van der Waals surface area (Å²) < 4.78 is 65.5. The van der Waals surface area contributed by atoms with Crippen molar-refractivity contribution in [2.45, 2.75) is 19.2 Å². The van der Waals surface area contributed by atoms with Crippen molar-refractivity contribution in [1.82, 2.24) is 0 Å². The third kappa shape index (κ3) is 7.58. The van der Waals surface area contributed by atoms with Crippen LogP contribution in [0.4, 0.5) is 24.5 Å². The molecule has 1 N–H and O–H groups in total. The zero-order chi connectivity index (χ0) is 22.5. The minimum atomic E-state index is -4.80. The first-order chi connectivity index (χ1) is 13.8. The molecule has 0 saturated carbocycles. The van der Waals surface area contributed by atoms with Gasteiger partial charge in [-0.2, -0.15) is 0 Å². The molecule has 0 bridgehead atoms. The number of hydrogen-bond acceptors (Lipinski definition) is 4. The van der Waals surface area contributed by atoms with Crippen LogP contribution >= 0.6 is 23.2 Å². The molecule has 0 atom stereocenters. The van der Waals surface area contributed by atoms with Gasteiger partial charge in [0.05, 0.1) is 22.0 Å². The monoisotopic (exact) mass is 484 g/mol. The Kier molecular flexibility index (Phi) is 7.84.